The van der Waals surface area contributed by atoms with E-state index >= 15 is 0 Å². The highest BCUT2D eigenvalue weighted by Gasteiger charge is 2.32. The number of amides is 3. The van der Waals surface area contributed by atoms with E-state index in [1.54, 1.807) is 14.0 Å². The van der Waals surface area contributed by atoms with E-state index in [2.05, 4.69) is 61.8 Å². The number of nitrogens with one attached hydrogen (secondary N) is 3. The number of quaternary nitrogens is 2. The second-order valence-electron chi connectivity index (χ2n) is 15.9. The molecule has 0 saturated heterocycles. The summed E-state index contributed by atoms with van der Waals surface area (Å²) in [7, 11) is 3.94. The third-order valence-corrected chi connectivity index (χ3v) is 18.1. The van der Waals surface area contributed by atoms with Crippen LogP contribution in [0.2, 0.25) is 57.4 Å². The summed E-state index contributed by atoms with van der Waals surface area (Å²) >= 11 is 0. The molecule has 0 spiro atoms. The molecule has 0 aliphatic rings. The Morgan fingerprint density at radius 3 is 1.36 bits per heavy atom. The summed E-state index contributed by atoms with van der Waals surface area (Å²) in [6.45, 7) is 21.8. The number of rotatable bonds is 25. The first kappa shape index (κ1) is 45.1. The van der Waals surface area contributed by atoms with Gasteiger partial charge in [-0.05, 0) is 83.6 Å². The van der Waals surface area contributed by atoms with E-state index in [0.717, 1.165) is 37.4 Å². The lowest BCUT2D eigenvalue weighted by molar-refractivity contribution is -0.882. The number of hydrogen-bond donors (Lipinski definition) is 3. The van der Waals surface area contributed by atoms with Crippen molar-refractivity contribution in [3.63, 3.8) is 0 Å². The fourth-order valence-corrected chi connectivity index (χ4v) is 15.2. The van der Waals surface area contributed by atoms with E-state index in [4.69, 9.17) is 13.3 Å². The van der Waals surface area contributed by atoms with Gasteiger partial charge in [-0.25, -0.2) is 4.79 Å². The van der Waals surface area contributed by atoms with Crippen LogP contribution in [-0.4, -0.2) is 145 Å². The van der Waals surface area contributed by atoms with E-state index in [0.29, 0.717) is 47.3 Å². The molecule has 47 heavy (non-hydrogen) atoms. The maximum Gasteiger partial charge on any atom is 0.333 e. The predicted octanol–water partition coefficient (Wildman–Crippen LogP) is 3.06. The summed E-state index contributed by atoms with van der Waals surface area (Å²) in [6.07, 6.45) is 2.60. The molecule has 0 aromatic rings. The van der Waals surface area contributed by atoms with Gasteiger partial charge in [0.1, 0.15) is 13.2 Å². The first-order chi connectivity index (χ1) is 21.4. The van der Waals surface area contributed by atoms with Gasteiger partial charge in [0.25, 0.3) is 17.7 Å². The van der Waals surface area contributed by atoms with E-state index in [1.165, 1.54) is 0 Å². The van der Waals surface area contributed by atoms with Gasteiger partial charge in [-0.15, -0.1) is 0 Å². The van der Waals surface area contributed by atoms with Gasteiger partial charge in [0.15, 0.2) is 44.6 Å². The van der Waals surface area contributed by atoms with Crippen LogP contribution in [0.15, 0.2) is 12.2 Å². The fourth-order valence-electron chi connectivity index (χ4n) is 5.16. The average molecular weight is 720 g/mol. The molecule has 3 N–H and O–H groups in total. The molecule has 15 heteroatoms. The summed E-state index contributed by atoms with van der Waals surface area (Å²) in [5.74, 6) is -0.535. The van der Waals surface area contributed by atoms with Crippen molar-refractivity contribution in [1.29, 1.82) is 0 Å². The molecule has 0 aromatic heterocycles. The highest BCUT2D eigenvalue weighted by Crippen LogP contribution is 2.23. The van der Waals surface area contributed by atoms with Crippen molar-refractivity contribution < 1.29 is 41.4 Å². The minimum absolute atomic E-state index is 0.0250. The minimum atomic E-state index is -1.93. The highest BCUT2D eigenvalue weighted by atomic mass is 28.4. The normalized spacial score (nSPS) is 12.8. The molecule has 0 heterocycles. The second kappa shape index (κ2) is 20.6. The summed E-state index contributed by atoms with van der Waals surface area (Å²) in [5, 5.41) is 9.03. The molecule has 3 amide bonds. The van der Waals surface area contributed by atoms with Crippen molar-refractivity contribution in [2.24, 2.45) is 0 Å². The van der Waals surface area contributed by atoms with Crippen molar-refractivity contribution in [3.05, 3.63) is 12.2 Å². The topological polar surface area (TPSA) is 132 Å². The molecule has 0 radical (unpaired) electrons. The van der Waals surface area contributed by atoms with Crippen LogP contribution < -0.4 is 16.0 Å². The molecule has 0 aromatic carbocycles. The van der Waals surface area contributed by atoms with Gasteiger partial charge in [-0.1, -0.05) is 6.58 Å². The monoisotopic (exact) mass is 719 g/mol. The Kier molecular flexibility index (Phi) is 19.8. The number of likely N-dealkylation sites (N-methyl/N-ethyl adjacent to an activating group) is 2. The Hall–Kier alpha value is -1.89. The van der Waals surface area contributed by atoms with Crippen molar-refractivity contribution in [3.8, 4) is 0 Å². The standard InChI is InChI=1S/C32H67N5O7Si3/c1-28(2)32(41)43-21-20-36(3,4)25-29(38)33-18-15-23-46(10,11)44-47(12,13)24-16-19-35-31(40)27-37(5,6)26-30(39)34-17-14-22-45(8,9)42-7/h1,14-27H2,2-13H3,(H-2,33,34,35,38,39,40)/p+2. The number of ether oxygens (including phenoxy) is 1. The van der Waals surface area contributed by atoms with E-state index in [-0.39, 0.29) is 37.4 Å². The largest absolute Gasteiger partial charge is 0.456 e. The van der Waals surface area contributed by atoms with Crippen LogP contribution in [0.5, 0.6) is 0 Å². The molecule has 0 unspecified atom stereocenters. The van der Waals surface area contributed by atoms with E-state index < -0.39 is 30.9 Å². The summed E-state index contributed by atoms with van der Waals surface area (Å²) in [5.41, 5.74) is 0.364. The van der Waals surface area contributed by atoms with Crippen LogP contribution in [0.25, 0.3) is 0 Å². The molecule has 0 aliphatic heterocycles. The Balaban J connectivity index is 4.34. The number of nitrogens with zero attached hydrogens (tertiary/aromatic N) is 2. The lowest BCUT2D eigenvalue weighted by Gasteiger charge is -2.34. The fraction of sp³-hybridized carbons (Fsp3) is 0.812. The van der Waals surface area contributed by atoms with Crippen LogP contribution in [0.1, 0.15) is 26.2 Å². The Labute approximate surface area is 288 Å². The van der Waals surface area contributed by atoms with Crippen LogP contribution in [0.3, 0.4) is 0 Å². The molecule has 0 saturated carbocycles. The van der Waals surface area contributed by atoms with Gasteiger partial charge in [0, 0.05) is 32.3 Å². The zero-order valence-corrected chi connectivity index (χ0v) is 34.9. The van der Waals surface area contributed by atoms with Gasteiger partial charge in [-0.3, -0.25) is 14.4 Å². The lowest BCUT2D eigenvalue weighted by Crippen LogP contribution is -2.52. The molecular weight excluding hydrogens is 651 g/mol. The summed E-state index contributed by atoms with van der Waals surface area (Å²) < 4.78 is 18.2. The molecule has 0 aliphatic carbocycles. The van der Waals surface area contributed by atoms with Gasteiger partial charge < -0.3 is 38.2 Å². The van der Waals surface area contributed by atoms with Crippen LogP contribution in [-0.2, 0) is 32.5 Å². The maximum absolute atomic E-state index is 12.6. The maximum atomic E-state index is 12.6. The zero-order chi connectivity index (χ0) is 36.5. The van der Waals surface area contributed by atoms with Gasteiger partial charge in [0.2, 0.25) is 0 Å². The molecule has 0 rings (SSSR count). The molecular formula is C32H69N5O7Si3+2. The minimum Gasteiger partial charge on any atom is -0.456 e. The third kappa shape index (κ3) is 24.0. The van der Waals surface area contributed by atoms with Gasteiger partial charge >= 0.3 is 5.97 Å². The Morgan fingerprint density at radius 1 is 0.638 bits per heavy atom. The Bertz CT molecular complexity index is 1040. The highest BCUT2D eigenvalue weighted by molar-refractivity contribution is 6.84. The van der Waals surface area contributed by atoms with Crippen LogP contribution in [0.4, 0.5) is 0 Å². The smallest absolute Gasteiger partial charge is 0.333 e. The molecule has 0 atom stereocenters. The number of hydrogen-bond acceptors (Lipinski definition) is 7. The molecule has 0 bridgehead atoms. The number of carbonyl (C=O) groups is 4. The second-order valence-corrected chi connectivity index (χ2v) is 29.2. The van der Waals surface area contributed by atoms with Crippen LogP contribution in [0, 0.1) is 0 Å². The molecule has 12 nitrogen and oxygen atoms in total. The summed E-state index contributed by atoms with van der Waals surface area (Å²) in [4.78, 5) is 49.1. The molecule has 0 fully saturated rings. The first-order valence-corrected chi connectivity index (χ1v) is 26.3. The quantitative estimate of drug-likeness (QED) is 0.0435. The zero-order valence-electron chi connectivity index (χ0n) is 31.9. The van der Waals surface area contributed by atoms with E-state index in [9.17, 15) is 19.2 Å². The van der Waals surface area contributed by atoms with Crippen molar-refractivity contribution in [2.45, 2.75) is 83.6 Å². The molecule has 274 valence electrons. The SMILES string of the molecule is C=C(C)C(=O)OCC[N+](C)(C)CC(=O)NCCC[Si](C)(C)O[Si](C)(C)CCCNC(=O)C[N+](C)(C)CC(=O)NCCC[Si](C)(C)OC. The van der Waals surface area contributed by atoms with Crippen LogP contribution >= 0.6 is 0 Å². The van der Waals surface area contributed by atoms with Crippen molar-refractivity contribution in [1.82, 2.24) is 16.0 Å². The average Bonchev–Trinajstić information content (AvgIpc) is 2.90. The van der Waals surface area contributed by atoms with Crippen molar-refractivity contribution >= 4 is 48.6 Å². The van der Waals surface area contributed by atoms with Gasteiger partial charge in [-0.2, -0.15) is 0 Å². The van der Waals surface area contributed by atoms with Crippen molar-refractivity contribution in [2.75, 3.05) is 87.7 Å². The Morgan fingerprint density at radius 2 is 1.00 bits per heavy atom. The third-order valence-electron chi connectivity index (χ3n) is 7.93. The summed E-state index contributed by atoms with van der Waals surface area (Å²) in [6, 6.07) is 2.88. The van der Waals surface area contributed by atoms with Gasteiger partial charge in [0.05, 0.1) is 28.2 Å². The lowest BCUT2D eigenvalue weighted by atomic mass is 10.3. The number of esters is 1. The van der Waals surface area contributed by atoms with E-state index in [1.807, 2.05) is 28.2 Å². The predicted molar refractivity (Wildman–Crippen MR) is 197 cm³/mol. The first-order valence-electron chi connectivity index (χ1n) is 16.9. The number of carbonyl (C=O) groups excluding carboxylic acids is 4.